The van der Waals surface area contributed by atoms with E-state index in [1.165, 1.54) is 22.1 Å². The maximum Gasteiger partial charge on any atom is 0.254 e. The molecule has 5 nitrogen and oxygen atoms in total. The fraction of sp³-hybridized carbons (Fsp3) is 0.438. The highest BCUT2D eigenvalue weighted by molar-refractivity contribution is 7.10. The lowest BCUT2D eigenvalue weighted by atomic mass is 9.86. The number of hydrogen-bond acceptors (Lipinski definition) is 4. The van der Waals surface area contributed by atoms with E-state index in [2.05, 4.69) is 37.1 Å². The van der Waals surface area contributed by atoms with Gasteiger partial charge >= 0.3 is 0 Å². The Morgan fingerprint density at radius 2 is 1.79 bits per heavy atom. The van der Waals surface area contributed by atoms with Gasteiger partial charge in [0.1, 0.15) is 5.82 Å². The number of fused-ring (bicyclic) bond motifs is 1. The van der Waals surface area contributed by atoms with Crippen LogP contribution in [0.2, 0.25) is 0 Å². The van der Waals surface area contributed by atoms with Crippen LogP contribution in [0.4, 0.5) is 4.39 Å². The van der Waals surface area contributed by atoms with E-state index in [0.29, 0.717) is 38.2 Å². The molecule has 2 aliphatic heterocycles. The van der Waals surface area contributed by atoms with Crippen LogP contribution in [0.15, 0.2) is 60.0 Å². The van der Waals surface area contributed by atoms with Gasteiger partial charge in [0.25, 0.3) is 5.91 Å². The van der Waals surface area contributed by atoms with Gasteiger partial charge in [-0.1, -0.05) is 45.0 Å². The van der Waals surface area contributed by atoms with Gasteiger partial charge in [0.2, 0.25) is 5.91 Å². The Bertz CT molecular complexity index is 1330. The molecule has 39 heavy (non-hydrogen) atoms. The second-order valence-electron chi connectivity index (χ2n) is 11.8. The van der Waals surface area contributed by atoms with Gasteiger partial charge in [0.15, 0.2) is 0 Å². The average molecular weight is 548 g/mol. The van der Waals surface area contributed by atoms with E-state index < -0.39 is 0 Å². The molecular weight excluding hydrogens is 509 g/mol. The van der Waals surface area contributed by atoms with E-state index in [1.807, 2.05) is 47.1 Å². The molecule has 206 valence electrons. The quantitative estimate of drug-likeness (QED) is 0.400. The number of carbonyl (C=O) groups is 2. The Morgan fingerprint density at radius 1 is 1.03 bits per heavy atom. The Labute approximate surface area is 235 Å². The summed E-state index contributed by atoms with van der Waals surface area (Å²) in [6.07, 6.45) is 1.35. The number of thiophene rings is 1. The molecule has 2 atom stereocenters. The number of nitrogens with zero attached hydrogens (tertiary/aromatic N) is 3. The molecule has 0 radical (unpaired) electrons. The lowest BCUT2D eigenvalue weighted by Crippen LogP contribution is -2.55. The van der Waals surface area contributed by atoms with Crippen molar-refractivity contribution in [2.75, 3.05) is 32.7 Å². The molecule has 5 rings (SSSR count). The minimum absolute atomic E-state index is 0.0212. The van der Waals surface area contributed by atoms with Gasteiger partial charge in [0.05, 0.1) is 6.04 Å². The fourth-order valence-corrected chi connectivity index (χ4v) is 6.74. The normalized spacial score (nSPS) is 20.1. The number of benzene rings is 2. The van der Waals surface area contributed by atoms with Crippen LogP contribution < -0.4 is 0 Å². The van der Waals surface area contributed by atoms with Gasteiger partial charge in [-0.05, 0) is 71.2 Å². The predicted molar refractivity (Wildman–Crippen MR) is 155 cm³/mol. The topological polar surface area (TPSA) is 43.9 Å². The third-order valence-corrected chi connectivity index (χ3v) is 9.08. The van der Waals surface area contributed by atoms with Crippen molar-refractivity contribution >= 4 is 23.2 Å². The third kappa shape index (κ3) is 5.94. The van der Waals surface area contributed by atoms with E-state index in [9.17, 15) is 14.0 Å². The van der Waals surface area contributed by atoms with Crippen LogP contribution in [0.1, 0.15) is 72.1 Å². The van der Waals surface area contributed by atoms with Gasteiger partial charge in [-0.2, -0.15) is 0 Å². The average Bonchev–Trinajstić information content (AvgIpc) is 3.39. The first-order chi connectivity index (χ1) is 18.6. The second kappa shape index (κ2) is 11.2. The maximum atomic E-state index is 14.1. The summed E-state index contributed by atoms with van der Waals surface area (Å²) in [4.78, 5) is 34.0. The zero-order chi connectivity index (χ0) is 27.7. The third-order valence-electron chi connectivity index (χ3n) is 8.08. The number of carbonyl (C=O) groups excluding carboxylic acids is 2. The zero-order valence-electron chi connectivity index (χ0n) is 23.3. The highest BCUT2D eigenvalue weighted by Crippen LogP contribution is 2.38. The van der Waals surface area contributed by atoms with Crippen LogP contribution >= 0.6 is 11.3 Å². The minimum atomic E-state index is -0.238. The molecule has 2 aromatic carbocycles. The van der Waals surface area contributed by atoms with E-state index in [1.54, 1.807) is 23.5 Å². The molecule has 0 unspecified atom stereocenters. The van der Waals surface area contributed by atoms with Crippen molar-refractivity contribution in [1.82, 2.24) is 14.7 Å². The lowest BCUT2D eigenvalue weighted by Gasteiger charge is -2.41. The standard InChI is InChI=1S/C32H38FN3O2S/c1-22-21-35(17-18-36(22)31(38)23-8-10-25(11-9-23)32(2,3)4)29(37)13-16-34-15-12-28-27(14-19-39-28)30(34)24-6-5-7-26(33)20-24/h5-11,14,19-20,22,30H,12-13,15-18,21H2,1-4H3/t22-,30+/m1/s1. The summed E-state index contributed by atoms with van der Waals surface area (Å²) in [6, 6.07) is 16.8. The van der Waals surface area contributed by atoms with Gasteiger partial charge in [-0.3, -0.25) is 14.5 Å². The lowest BCUT2D eigenvalue weighted by molar-refractivity contribution is -0.134. The highest BCUT2D eigenvalue weighted by atomic mass is 32.1. The van der Waals surface area contributed by atoms with E-state index in [4.69, 9.17) is 0 Å². The predicted octanol–water partition coefficient (Wildman–Crippen LogP) is 5.90. The molecule has 7 heteroatoms. The smallest absolute Gasteiger partial charge is 0.254 e. The van der Waals surface area contributed by atoms with Gasteiger partial charge in [-0.25, -0.2) is 4.39 Å². The molecule has 1 saturated heterocycles. The van der Waals surface area contributed by atoms with Crippen molar-refractivity contribution in [3.63, 3.8) is 0 Å². The maximum absolute atomic E-state index is 14.1. The molecular formula is C32H38FN3O2S. The summed E-state index contributed by atoms with van der Waals surface area (Å²) < 4.78 is 14.1. The first-order valence-corrected chi connectivity index (χ1v) is 14.7. The molecule has 2 amide bonds. The summed E-state index contributed by atoms with van der Waals surface area (Å²) >= 11 is 1.75. The molecule has 3 heterocycles. The molecule has 1 fully saturated rings. The van der Waals surface area contributed by atoms with Crippen LogP contribution in [0.3, 0.4) is 0 Å². The molecule has 0 spiro atoms. The van der Waals surface area contributed by atoms with Gasteiger partial charge < -0.3 is 9.80 Å². The van der Waals surface area contributed by atoms with Crippen LogP contribution in [-0.4, -0.2) is 65.3 Å². The van der Waals surface area contributed by atoms with Crippen LogP contribution in [0.25, 0.3) is 0 Å². The molecule has 0 saturated carbocycles. The monoisotopic (exact) mass is 547 g/mol. The van der Waals surface area contributed by atoms with Crippen LogP contribution in [0, 0.1) is 5.82 Å². The Morgan fingerprint density at radius 3 is 2.49 bits per heavy atom. The summed E-state index contributed by atoms with van der Waals surface area (Å²) in [6.45, 7) is 11.6. The number of hydrogen-bond donors (Lipinski definition) is 0. The number of piperazine rings is 1. The van der Waals surface area contributed by atoms with Crippen molar-refractivity contribution < 1.29 is 14.0 Å². The SMILES string of the molecule is C[C@@H]1CN(C(=O)CCN2CCc3sccc3[C@@H]2c2cccc(F)c2)CCN1C(=O)c1ccc(C(C)(C)C)cc1. The first-order valence-electron chi connectivity index (χ1n) is 13.9. The van der Waals surface area contributed by atoms with Crippen LogP contribution in [-0.2, 0) is 16.6 Å². The number of halogens is 1. The Kier molecular flexibility index (Phi) is 7.92. The molecule has 1 aromatic heterocycles. The Hall–Kier alpha value is -3.03. The Balaban J connectivity index is 1.20. The molecule has 0 bridgehead atoms. The fourth-order valence-electron chi connectivity index (χ4n) is 5.84. The number of rotatable bonds is 5. The van der Waals surface area contributed by atoms with Crippen molar-refractivity contribution in [2.45, 2.75) is 58.0 Å². The van der Waals surface area contributed by atoms with Crippen LogP contribution in [0.5, 0.6) is 0 Å². The van der Waals surface area contributed by atoms with E-state index in [-0.39, 0.29) is 35.1 Å². The molecule has 0 aliphatic carbocycles. The van der Waals surface area contributed by atoms with Crippen molar-refractivity contribution in [3.8, 4) is 0 Å². The van der Waals surface area contributed by atoms with Gasteiger partial charge in [0, 0.05) is 55.6 Å². The van der Waals surface area contributed by atoms with Crippen molar-refractivity contribution in [3.05, 3.63) is 92.9 Å². The summed E-state index contributed by atoms with van der Waals surface area (Å²) in [7, 11) is 0. The van der Waals surface area contributed by atoms with E-state index >= 15 is 0 Å². The first kappa shape index (κ1) is 27.5. The van der Waals surface area contributed by atoms with Crippen molar-refractivity contribution in [1.29, 1.82) is 0 Å². The number of amides is 2. The van der Waals surface area contributed by atoms with Gasteiger partial charge in [-0.15, -0.1) is 11.3 Å². The molecule has 0 N–H and O–H groups in total. The summed E-state index contributed by atoms with van der Waals surface area (Å²) in [5.74, 6) is -0.108. The molecule has 3 aromatic rings. The van der Waals surface area contributed by atoms with E-state index in [0.717, 1.165) is 18.5 Å². The minimum Gasteiger partial charge on any atom is -0.339 e. The largest absolute Gasteiger partial charge is 0.339 e. The van der Waals surface area contributed by atoms with Crippen molar-refractivity contribution in [2.24, 2.45) is 0 Å². The highest BCUT2D eigenvalue weighted by Gasteiger charge is 2.33. The summed E-state index contributed by atoms with van der Waals surface area (Å²) in [5.41, 5.74) is 4.08. The molecule has 2 aliphatic rings. The summed E-state index contributed by atoms with van der Waals surface area (Å²) in [5, 5.41) is 2.10. The zero-order valence-corrected chi connectivity index (χ0v) is 24.1. The second-order valence-corrected chi connectivity index (χ2v) is 12.8.